The third-order valence-corrected chi connectivity index (χ3v) is 3.13. The van der Waals surface area contributed by atoms with E-state index in [1.807, 2.05) is 11.7 Å². The fraction of sp³-hybridized carbons (Fsp3) is 0.500. The molecule has 1 N–H and O–H groups in total. The van der Waals surface area contributed by atoms with E-state index >= 15 is 0 Å². The number of nitrogens with one attached hydrogen (secondary N) is 1. The third-order valence-electron chi connectivity index (χ3n) is 3.13. The number of rotatable bonds is 5. The van der Waals surface area contributed by atoms with E-state index in [4.69, 9.17) is 0 Å². The number of aryl methyl sites for hydroxylation is 2. The predicted molar refractivity (Wildman–Crippen MR) is 74.7 cm³/mol. The summed E-state index contributed by atoms with van der Waals surface area (Å²) in [5, 5.41) is 7.99. The molecule has 0 saturated heterocycles. The molecule has 0 bridgehead atoms. The molecule has 0 atom stereocenters. The fourth-order valence-corrected chi connectivity index (χ4v) is 2.17. The lowest BCUT2D eigenvalue weighted by Crippen LogP contribution is -2.07. The highest BCUT2D eigenvalue weighted by molar-refractivity contribution is 5.48. The Morgan fingerprint density at radius 3 is 2.83 bits per heavy atom. The highest BCUT2D eigenvalue weighted by atomic mass is 15.3. The number of hydrogen-bond acceptors (Lipinski definition) is 2. The maximum absolute atomic E-state index is 4.50. The van der Waals surface area contributed by atoms with Crippen LogP contribution in [0.4, 0.5) is 5.69 Å². The van der Waals surface area contributed by atoms with Crippen molar-refractivity contribution in [3.05, 3.63) is 35.9 Å². The molecule has 0 fully saturated rings. The van der Waals surface area contributed by atoms with Crippen LogP contribution in [0, 0.1) is 0 Å². The van der Waals surface area contributed by atoms with Gasteiger partial charge in [0.1, 0.15) is 0 Å². The van der Waals surface area contributed by atoms with Gasteiger partial charge in [-0.2, -0.15) is 5.10 Å². The number of anilines is 1. The van der Waals surface area contributed by atoms with Crippen molar-refractivity contribution >= 4 is 5.69 Å². The Bertz CT molecular complexity index is 508. The Morgan fingerprint density at radius 1 is 1.39 bits per heavy atom. The van der Waals surface area contributed by atoms with Gasteiger partial charge in [0, 0.05) is 31.7 Å². The minimum absolute atomic E-state index is 0.437. The van der Waals surface area contributed by atoms with Crippen LogP contribution < -0.4 is 5.32 Å². The van der Waals surface area contributed by atoms with Crippen LogP contribution in [-0.4, -0.2) is 14.3 Å². The van der Waals surface area contributed by atoms with Gasteiger partial charge >= 0.3 is 0 Å². The molecule has 0 unspecified atom stereocenters. The van der Waals surface area contributed by atoms with E-state index < -0.39 is 0 Å². The molecular weight excluding hydrogens is 224 g/mol. The molecular formula is C14H22N4. The first kappa shape index (κ1) is 12.7. The van der Waals surface area contributed by atoms with E-state index in [1.54, 1.807) is 0 Å². The molecule has 0 saturated carbocycles. The second-order valence-electron chi connectivity index (χ2n) is 4.90. The Kier molecular flexibility index (Phi) is 3.75. The smallest absolute Gasteiger partial charge is 0.0881 e. The van der Waals surface area contributed by atoms with Crippen LogP contribution in [0.5, 0.6) is 0 Å². The van der Waals surface area contributed by atoms with Gasteiger partial charge in [-0.1, -0.05) is 13.8 Å². The zero-order chi connectivity index (χ0) is 13.1. The van der Waals surface area contributed by atoms with Crippen molar-refractivity contribution in [3.63, 3.8) is 0 Å². The summed E-state index contributed by atoms with van der Waals surface area (Å²) in [5.74, 6) is 0.437. The van der Waals surface area contributed by atoms with Gasteiger partial charge in [0.2, 0.25) is 0 Å². The molecule has 0 amide bonds. The van der Waals surface area contributed by atoms with Crippen molar-refractivity contribution in [3.8, 4) is 0 Å². The lowest BCUT2D eigenvalue weighted by atomic mass is 10.1. The average molecular weight is 246 g/mol. The lowest BCUT2D eigenvalue weighted by Gasteiger charge is -2.10. The average Bonchev–Trinajstić information content (AvgIpc) is 2.91. The first-order chi connectivity index (χ1) is 8.61. The van der Waals surface area contributed by atoms with E-state index in [1.165, 1.54) is 5.69 Å². The molecule has 0 aliphatic rings. The minimum atomic E-state index is 0.437. The molecule has 4 nitrogen and oxygen atoms in total. The molecule has 98 valence electrons. The summed E-state index contributed by atoms with van der Waals surface area (Å²) in [7, 11) is 1.96. The molecule has 0 aromatic carbocycles. The van der Waals surface area contributed by atoms with Gasteiger partial charge in [-0.25, -0.2) is 0 Å². The molecule has 2 aromatic rings. The van der Waals surface area contributed by atoms with Gasteiger partial charge in [0.25, 0.3) is 0 Å². The number of aromatic nitrogens is 3. The van der Waals surface area contributed by atoms with Crippen LogP contribution in [0.25, 0.3) is 0 Å². The van der Waals surface area contributed by atoms with Crippen LogP contribution in [0.15, 0.2) is 24.5 Å². The quantitative estimate of drug-likeness (QED) is 0.880. The second-order valence-corrected chi connectivity index (χ2v) is 4.90. The SMILES string of the molecule is CCn1cccc1CNc1cn(C)nc1C(C)C. The Balaban J connectivity index is 2.10. The van der Waals surface area contributed by atoms with Crippen molar-refractivity contribution in [1.82, 2.24) is 14.3 Å². The first-order valence-electron chi connectivity index (χ1n) is 6.53. The van der Waals surface area contributed by atoms with Gasteiger partial charge in [-0.3, -0.25) is 4.68 Å². The van der Waals surface area contributed by atoms with Crippen LogP contribution in [0.2, 0.25) is 0 Å². The summed E-state index contributed by atoms with van der Waals surface area (Å²) < 4.78 is 4.12. The number of nitrogens with zero attached hydrogens (tertiary/aromatic N) is 3. The van der Waals surface area contributed by atoms with Gasteiger partial charge in [-0.05, 0) is 25.0 Å². The zero-order valence-electron chi connectivity index (χ0n) is 11.6. The number of hydrogen-bond donors (Lipinski definition) is 1. The zero-order valence-corrected chi connectivity index (χ0v) is 11.6. The van der Waals surface area contributed by atoms with E-state index in [-0.39, 0.29) is 0 Å². The lowest BCUT2D eigenvalue weighted by molar-refractivity contribution is 0.712. The Morgan fingerprint density at radius 2 is 2.17 bits per heavy atom. The summed E-state index contributed by atoms with van der Waals surface area (Å²) in [4.78, 5) is 0. The predicted octanol–water partition coefficient (Wildman–Crippen LogP) is 2.98. The Labute approximate surface area is 109 Å². The standard InChI is InChI=1S/C14H22N4/c1-5-18-8-6-7-12(18)9-15-13-10-17(4)16-14(13)11(2)3/h6-8,10-11,15H,5,9H2,1-4H3. The molecule has 2 aromatic heterocycles. The van der Waals surface area contributed by atoms with Gasteiger partial charge < -0.3 is 9.88 Å². The van der Waals surface area contributed by atoms with E-state index in [0.717, 1.165) is 24.5 Å². The van der Waals surface area contributed by atoms with Crippen LogP contribution in [0.1, 0.15) is 38.1 Å². The summed E-state index contributed by atoms with van der Waals surface area (Å²) in [6.45, 7) is 8.35. The third kappa shape index (κ3) is 2.58. The van der Waals surface area contributed by atoms with E-state index in [9.17, 15) is 0 Å². The largest absolute Gasteiger partial charge is 0.377 e. The molecule has 18 heavy (non-hydrogen) atoms. The minimum Gasteiger partial charge on any atom is -0.377 e. The van der Waals surface area contributed by atoms with E-state index in [2.05, 4.69) is 60.3 Å². The van der Waals surface area contributed by atoms with Gasteiger partial charge in [-0.15, -0.1) is 0 Å². The molecule has 2 heterocycles. The normalized spacial score (nSPS) is 11.2. The topological polar surface area (TPSA) is 34.8 Å². The summed E-state index contributed by atoms with van der Waals surface area (Å²) in [5.41, 5.74) is 3.57. The van der Waals surface area contributed by atoms with Crippen molar-refractivity contribution < 1.29 is 0 Å². The van der Waals surface area contributed by atoms with Gasteiger partial charge in [0.15, 0.2) is 0 Å². The van der Waals surface area contributed by atoms with E-state index in [0.29, 0.717) is 5.92 Å². The van der Waals surface area contributed by atoms with Crippen molar-refractivity contribution in [1.29, 1.82) is 0 Å². The summed E-state index contributed by atoms with van der Waals surface area (Å²) in [6, 6.07) is 4.25. The van der Waals surface area contributed by atoms with Crippen molar-refractivity contribution in [2.75, 3.05) is 5.32 Å². The van der Waals surface area contributed by atoms with Gasteiger partial charge in [0.05, 0.1) is 17.9 Å². The molecule has 0 spiro atoms. The molecule has 0 aliphatic heterocycles. The second kappa shape index (κ2) is 5.29. The highest BCUT2D eigenvalue weighted by Gasteiger charge is 2.11. The first-order valence-corrected chi connectivity index (χ1v) is 6.53. The monoisotopic (exact) mass is 246 g/mol. The summed E-state index contributed by atoms with van der Waals surface area (Å²) in [6.07, 6.45) is 4.16. The van der Waals surface area contributed by atoms with Crippen LogP contribution in [0.3, 0.4) is 0 Å². The highest BCUT2D eigenvalue weighted by Crippen LogP contribution is 2.22. The molecule has 2 rings (SSSR count). The van der Waals surface area contributed by atoms with Crippen molar-refractivity contribution in [2.24, 2.45) is 7.05 Å². The fourth-order valence-electron chi connectivity index (χ4n) is 2.17. The van der Waals surface area contributed by atoms with Crippen molar-refractivity contribution in [2.45, 2.75) is 39.8 Å². The molecule has 4 heteroatoms. The summed E-state index contributed by atoms with van der Waals surface area (Å²) >= 11 is 0. The van der Waals surface area contributed by atoms with Crippen LogP contribution in [-0.2, 0) is 20.1 Å². The Hall–Kier alpha value is -1.71. The molecule has 0 radical (unpaired) electrons. The maximum Gasteiger partial charge on any atom is 0.0881 e. The van der Waals surface area contributed by atoms with Crippen LogP contribution >= 0.6 is 0 Å². The molecule has 0 aliphatic carbocycles. The maximum atomic E-state index is 4.50.